The van der Waals surface area contributed by atoms with Crippen LogP contribution < -0.4 is 10.9 Å². The Morgan fingerprint density at radius 3 is 2.54 bits per heavy atom. The number of amides is 2. The van der Waals surface area contributed by atoms with Gasteiger partial charge in [0, 0.05) is 25.6 Å². The first kappa shape index (κ1) is 18.2. The van der Waals surface area contributed by atoms with E-state index >= 15 is 0 Å². The molecule has 1 aromatic rings. The minimum absolute atomic E-state index is 0.0175. The summed E-state index contributed by atoms with van der Waals surface area (Å²) in [7, 11) is -0.788. The van der Waals surface area contributed by atoms with E-state index in [1.807, 2.05) is 12.2 Å². The number of nitrogens with zero attached hydrogens (tertiary/aromatic N) is 1. The number of hydrogen-bond donors (Lipinski definition) is 2. The van der Waals surface area contributed by atoms with Gasteiger partial charge in [-0.15, -0.1) is 0 Å². The molecule has 130 valence electrons. The van der Waals surface area contributed by atoms with Gasteiger partial charge in [-0.05, 0) is 37.5 Å². The fraction of sp³-hybridized carbons (Fsp3) is 0.375. The summed E-state index contributed by atoms with van der Waals surface area (Å²) in [6.45, 7) is 0. The summed E-state index contributed by atoms with van der Waals surface area (Å²) in [5.74, 6) is -0.967. The van der Waals surface area contributed by atoms with Crippen LogP contribution in [-0.4, -0.2) is 38.6 Å². The second-order valence-electron chi connectivity index (χ2n) is 5.74. The van der Waals surface area contributed by atoms with Gasteiger partial charge in [0.2, 0.25) is 15.9 Å². The van der Waals surface area contributed by atoms with E-state index in [1.54, 1.807) is 0 Å². The van der Waals surface area contributed by atoms with Crippen molar-refractivity contribution in [3.63, 3.8) is 0 Å². The first-order chi connectivity index (χ1) is 11.3. The molecule has 0 fully saturated rings. The largest absolute Gasteiger partial charge is 0.273 e. The molecule has 0 saturated carbocycles. The van der Waals surface area contributed by atoms with Crippen molar-refractivity contribution in [2.75, 3.05) is 14.1 Å². The molecule has 0 spiro atoms. The maximum Gasteiger partial charge on any atom is 0.269 e. The fourth-order valence-electron chi connectivity index (χ4n) is 2.33. The van der Waals surface area contributed by atoms with E-state index < -0.39 is 15.9 Å². The molecule has 0 aromatic heterocycles. The zero-order chi connectivity index (χ0) is 17.7. The summed E-state index contributed by atoms with van der Waals surface area (Å²) in [5.41, 5.74) is 4.89. The predicted molar refractivity (Wildman–Crippen MR) is 89.4 cm³/mol. The van der Waals surface area contributed by atoms with Crippen LogP contribution in [0.15, 0.2) is 41.3 Å². The van der Waals surface area contributed by atoms with Crippen LogP contribution in [0.4, 0.5) is 0 Å². The van der Waals surface area contributed by atoms with Crippen molar-refractivity contribution < 1.29 is 18.0 Å². The van der Waals surface area contributed by atoms with Crippen molar-refractivity contribution in [3.8, 4) is 0 Å². The highest BCUT2D eigenvalue weighted by molar-refractivity contribution is 7.89. The van der Waals surface area contributed by atoms with Gasteiger partial charge >= 0.3 is 0 Å². The zero-order valence-corrected chi connectivity index (χ0v) is 14.5. The van der Waals surface area contributed by atoms with Crippen LogP contribution >= 0.6 is 0 Å². The van der Waals surface area contributed by atoms with E-state index in [-0.39, 0.29) is 22.3 Å². The fourth-order valence-corrected chi connectivity index (χ4v) is 3.28. The standard InChI is InChI=1S/C16H21N3O4S/c1-19(2)24(22,23)14-10-6-9-13(11-14)16(21)18-17-15(20)12-7-4-3-5-8-12/h3-4,6,9-12H,5,7-8H2,1-2H3,(H,17,20)(H,18,21). The molecule has 0 bridgehead atoms. The lowest BCUT2D eigenvalue weighted by atomic mass is 9.94. The van der Waals surface area contributed by atoms with Crippen molar-refractivity contribution in [1.29, 1.82) is 0 Å². The van der Waals surface area contributed by atoms with Crippen LogP contribution in [-0.2, 0) is 14.8 Å². The highest BCUT2D eigenvalue weighted by Crippen LogP contribution is 2.18. The summed E-state index contributed by atoms with van der Waals surface area (Å²) in [6, 6.07) is 5.66. The van der Waals surface area contributed by atoms with Gasteiger partial charge in [0.05, 0.1) is 4.90 Å². The van der Waals surface area contributed by atoms with Crippen LogP contribution in [0, 0.1) is 5.92 Å². The first-order valence-corrected chi connectivity index (χ1v) is 9.04. The Morgan fingerprint density at radius 2 is 1.92 bits per heavy atom. The Morgan fingerprint density at radius 1 is 1.17 bits per heavy atom. The van der Waals surface area contributed by atoms with Gasteiger partial charge < -0.3 is 0 Å². The maximum absolute atomic E-state index is 12.1. The van der Waals surface area contributed by atoms with E-state index in [2.05, 4.69) is 10.9 Å². The van der Waals surface area contributed by atoms with Crippen molar-refractivity contribution in [2.45, 2.75) is 24.2 Å². The molecule has 0 heterocycles. The molecular weight excluding hydrogens is 330 g/mol. The Balaban J connectivity index is 2.02. The summed E-state index contributed by atoms with van der Waals surface area (Å²) in [6.07, 6.45) is 6.22. The zero-order valence-electron chi connectivity index (χ0n) is 13.7. The van der Waals surface area contributed by atoms with E-state index in [4.69, 9.17) is 0 Å². The van der Waals surface area contributed by atoms with E-state index in [0.717, 1.165) is 17.1 Å². The van der Waals surface area contributed by atoms with Gasteiger partial charge in [-0.3, -0.25) is 20.4 Å². The van der Waals surface area contributed by atoms with Crippen molar-refractivity contribution >= 4 is 21.8 Å². The quantitative estimate of drug-likeness (QED) is 0.626. The minimum atomic E-state index is -3.62. The topological polar surface area (TPSA) is 95.6 Å². The van der Waals surface area contributed by atoms with Crippen LogP contribution in [0.2, 0.25) is 0 Å². The van der Waals surface area contributed by atoms with Gasteiger partial charge in [0.25, 0.3) is 5.91 Å². The lowest BCUT2D eigenvalue weighted by Crippen LogP contribution is -2.44. The van der Waals surface area contributed by atoms with Gasteiger partial charge in [-0.25, -0.2) is 12.7 Å². The third-order valence-corrected chi connectivity index (χ3v) is 5.62. The molecule has 0 aliphatic heterocycles. The van der Waals surface area contributed by atoms with Gasteiger partial charge in [0.1, 0.15) is 0 Å². The number of allylic oxidation sites excluding steroid dienone is 2. The third-order valence-electron chi connectivity index (χ3n) is 3.81. The van der Waals surface area contributed by atoms with Crippen LogP contribution in [0.3, 0.4) is 0 Å². The summed E-state index contributed by atoms with van der Waals surface area (Å²) in [4.78, 5) is 24.1. The second kappa shape index (κ2) is 7.59. The molecule has 2 N–H and O–H groups in total. The molecule has 2 rings (SSSR count). The number of carbonyl (C=O) groups is 2. The molecule has 0 radical (unpaired) electrons. The lowest BCUT2D eigenvalue weighted by Gasteiger charge is -2.17. The number of hydrogen-bond acceptors (Lipinski definition) is 4. The molecule has 1 aromatic carbocycles. The molecular formula is C16H21N3O4S. The second-order valence-corrected chi connectivity index (χ2v) is 7.89. The first-order valence-electron chi connectivity index (χ1n) is 7.60. The number of benzene rings is 1. The van der Waals surface area contributed by atoms with E-state index in [1.165, 1.54) is 38.4 Å². The highest BCUT2D eigenvalue weighted by atomic mass is 32.2. The van der Waals surface area contributed by atoms with E-state index in [0.29, 0.717) is 6.42 Å². The molecule has 8 heteroatoms. The molecule has 24 heavy (non-hydrogen) atoms. The maximum atomic E-state index is 12.1. The van der Waals surface area contributed by atoms with Crippen LogP contribution in [0.5, 0.6) is 0 Å². The third kappa shape index (κ3) is 4.21. The smallest absolute Gasteiger partial charge is 0.269 e. The Kier molecular flexibility index (Phi) is 5.74. The predicted octanol–water partition coefficient (Wildman–Crippen LogP) is 1.05. The summed E-state index contributed by atoms with van der Waals surface area (Å²) >= 11 is 0. The molecule has 7 nitrogen and oxygen atoms in total. The number of nitrogens with one attached hydrogen (secondary N) is 2. The SMILES string of the molecule is CN(C)S(=O)(=O)c1cccc(C(=O)NNC(=O)C2CC=CCC2)c1. The van der Waals surface area contributed by atoms with Crippen molar-refractivity contribution in [2.24, 2.45) is 5.92 Å². The summed E-state index contributed by atoms with van der Waals surface area (Å²) < 4.78 is 25.3. The number of sulfonamides is 1. The average molecular weight is 351 g/mol. The van der Waals surface area contributed by atoms with Gasteiger partial charge in [-0.1, -0.05) is 18.2 Å². The van der Waals surface area contributed by atoms with Crippen LogP contribution in [0.25, 0.3) is 0 Å². The highest BCUT2D eigenvalue weighted by Gasteiger charge is 2.21. The molecule has 0 saturated heterocycles. The molecule has 1 aliphatic rings. The minimum Gasteiger partial charge on any atom is -0.273 e. The Hall–Kier alpha value is -2.19. The monoisotopic (exact) mass is 351 g/mol. The molecule has 1 unspecified atom stereocenters. The molecule has 2 amide bonds. The average Bonchev–Trinajstić information content (AvgIpc) is 2.60. The van der Waals surface area contributed by atoms with Crippen molar-refractivity contribution in [1.82, 2.24) is 15.2 Å². The molecule has 1 atom stereocenters. The Bertz CT molecular complexity index is 756. The number of hydrazine groups is 1. The van der Waals surface area contributed by atoms with Gasteiger partial charge in [-0.2, -0.15) is 0 Å². The van der Waals surface area contributed by atoms with Crippen LogP contribution in [0.1, 0.15) is 29.6 Å². The van der Waals surface area contributed by atoms with Gasteiger partial charge in [0.15, 0.2) is 0 Å². The normalized spacial score (nSPS) is 17.5. The number of carbonyl (C=O) groups excluding carboxylic acids is 2. The lowest BCUT2D eigenvalue weighted by molar-refractivity contribution is -0.126. The Labute approximate surface area is 141 Å². The number of rotatable bonds is 4. The van der Waals surface area contributed by atoms with Crippen molar-refractivity contribution in [3.05, 3.63) is 42.0 Å². The summed E-state index contributed by atoms with van der Waals surface area (Å²) in [5, 5.41) is 0. The molecule has 1 aliphatic carbocycles. The van der Waals surface area contributed by atoms with E-state index in [9.17, 15) is 18.0 Å².